The van der Waals surface area contributed by atoms with Gasteiger partial charge in [0.15, 0.2) is 0 Å². The molecule has 0 fully saturated rings. The highest BCUT2D eigenvalue weighted by Gasteiger charge is 2.31. The summed E-state index contributed by atoms with van der Waals surface area (Å²) < 4.78 is 5.54. The number of hydrogen-bond donors (Lipinski definition) is 3. The zero-order valence-corrected chi connectivity index (χ0v) is 33.0. The van der Waals surface area contributed by atoms with Gasteiger partial charge in [-0.2, -0.15) is 5.26 Å². The van der Waals surface area contributed by atoms with Gasteiger partial charge >= 0.3 is 6.09 Å². The number of thiophene rings is 1. The zero-order chi connectivity index (χ0) is 39.0. The molecule has 1 atom stereocenters. The molecule has 4 aromatic rings. The summed E-state index contributed by atoms with van der Waals surface area (Å²) in [7, 11) is 0. The van der Waals surface area contributed by atoms with E-state index in [1.165, 1.54) is 23.1 Å². The summed E-state index contributed by atoms with van der Waals surface area (Å²) in [5, 5.41) is 18.7. The van der Waals surface area contributed by atoms with Crippen LogP contribution in [0.2, 0.25) is 0 Å². The van der Waals surface area contributed by atoms with E-state index in [1.54, 1.807) is 53.4 Å². The van der Waals surface area contributed by atoms with E-state index in [0.717, 1.165) is 26.5 Å². The Balaban J connectivity index is 1.29. The summed E-state index contributed by atoms with van der Waals surface area (Å²) in [5.41, 5.74) is 3.55. The van der Waals surface area contributed by atoms with Gasteiger partial charge in [-0.15, -0.1) is 23.1 Å². The molecular weight excluding hydrogens is 719 g/mol. The molecule has 1 aromatic heterocycles. The van der Waals surface area contributed by atoms with Crippen LogP contribution in [0.3, 0.4) is 0 Å². The second-order valence-corrected chi connectivity index (χ2v) is 16.5. The molecule has 1 aliphatic rings. The number of amides is 4. The molecule has 3 N–H and O–H groups in total. The Hall–Kier alpha value is -5.38. The first-order valence-electron chi connectivity index (χ1n) is 17.8. The van der Waals surface area contributed by atoms with E-state index in [0.29, 0.717) is 53.7 Å². The van der Waals surface area contributed by atoms with E-state index in [1.807, 2.05) is 64.1 Å². The quantitative estimate of drug-likeness (QED) is 0.102. The fraction of sp³-hybridized carbons (Fsp3) is 0.310. The minimum absolute atomic E-state index is 0.0752. The molecule has 3 aromatic carbocycles. The maximum absolute atomic E-state index is 13.7. The molecule has 54 heavy (non-hydrogen) atoms. The molecule has 0 aliphatic carbocycles. The molecule has 0 radical (unpaired) electrons. The number of ether oxygens (including phenoxy) is 1. The normalized spacial score (nSPS) is 13.4. The van der Waals surface area contributed by atoms with Crippen molar-refractivity contribution in [3.63, 3.8) is 0 Å². The van der Waals surface area contributed by atoms with Crippen LogP contribution in [0.4, 0.5) is 15.5 Å². The third-order valence-electron chi connectivity index (χ3n) is 8.53. The van der Waals surface area contributed by atoms with Crippen molar-refractivity contribution in [2.24, 2.45) is 0 Å². The van der Waals surface area contributed by atoms with Crippen molar-refractivity contribution in [1.29, 1.82) is 5.26 Å². The van der Waals surface area contributed by atoms with Crippen LogP contribution in [0.5, 0.6) is 0 Å². The summed E-state index contributed by atoms with van der Waals surface area (Å²) in [6.07, 6.45) is 2.22. The van der Waals surface area contributed by atoms with E-state index in [-0.39, 0.29) is 11.6 Å². The minimum Gasteiger partial charge on any atom is -0.444 e. The third kappa shape index (κ3) is 10.4. The standard InChI is InChI=1S/C42H45N5O5S2/c1-7-35(39(50)46-40-33(24-43)32-20-21-47(25-36(32)54-40)41(51)52-42(4,5)6)53-31-15-11-14-30(23-31)44-38(49)34(45-37(48)29-12-9-8-10-13-29)22-27-16-18-28(19-17-27)26(2)3/h8-19,22-23,26,35H,7,20-21,25H2,1-6H3,(H,44,49)(H,45,48)(H,46,50)/b34-22+. The number of carbonyl (C=O) groups is 4. The average Bonchev–Trinajstić information content (AvgIpc) is 3.49. The fourth-order valence-corrected chi connectivity index (χ4v) is 7.93. The van der Waals surface area contributed by atoms with Crippen molar-refractivity contribution in [2.45, 2.75) is 82.6 Å². The molecule has 1 unspecified atom stereocenters. The maximum Gasteiger partial charge on any atom is 0.410 e. The Morgan fingerprint density at radius 3 is 2.37 bits per heavy atom. The van der Waals surface area contributed by atoms with Gasteiger partial charge in [0, 0.05) is 27.6 Å². The molecule has 10 nitrogen and oxygen atoms in total. The van der Waals surface area contributed by atoms with Crippen LogP contribution in [-0.4, -0.2) is 46.1 Å². The van der Waals surface area contributed by atoms with Gasteiger partial charge in [0.05, 0.1) is 17.4 Å². The van der Waals surface area contributed by atoms with Gasteiger partial charge in [-0.3, -0.25) is 14.4 Å². The van der Waals surface area contributed by atoms with E-state index >= 15 is 0 Å². The molecule has 0 saturated heterocycles. The lowest BCUT2D eigenvalue weighted by Crippen LogP contribution is -2.39. The van der Waals surface area contributed by atoms with Crippen LogP contribution in [0.25, 0.3) is 6.08 Å². The van der Waals surface area contributed by atoms with Crippen LogP contribution in [0.15, 0.2) is 89.5 Å². The van der Waals surface area contributed by atoms with Crippen molar-refractivity contribution in [3.05, 3.63) is 117 Å². The Morgan fingerprint density at radius 2 is 1.72 bits per heavy atom. The third-order valence-corrected chi connectivity index (χ3v) is 11.0. The fourth-order valence-electron chi connectivity index (χ4n) is 5.70. The molecule has 12 heteroatoms. The molecule has 0 spiro atoms. The van der Waals surface area contributed by atoms with Gasteiger partial charge in [-0.25, -0.2) is 4.79 Å². The number of nitrogens with one attached hydrogen (secondary N) is 3. The molecule has 1 aliphatic heterocycles. The highest BCUT2D eigenvalue weighted by molar-refractivity contribution is 8.00. The molecule has 280 valence electrons. The van der Waals surface area contributed by atoms with Crippen molar-refractivity contribution in [3.8, 4) is 6.07 Å². The zero-order valence-electron chi connectivity index (χ0n) is 31.3. The molecular formula is C42H45N5O5S2. The molecule has 4 amide bonds. The molecule has 2 heterocycles. The van der Waals surface area contributed by atoms with Crippen LogP contribution in [0.1, 0.15) is 91.4 Å². The highest BCUT2D eigenvalue weighted by atomic mass is 32.2. The lowest BCUT2D eigenvalue weighted by molar-refractivity contribution is -0.116. The number of nitrogens with zero attached hydrogens (tertiary/aromatic N) is 2. The molecule has 0 bridgehead atoms. The van der Waals surface area contributed by atoms with Crippen LogP contribution in [-0.2, 0) is 27.3 Å². The minimum atomic E-state index is -0.623. The number of benzene rings is 3. The number of anilines is 2. The maximum atomic E-state index is 13.7. The van der Waals surface area contributed by atoms with Gasteiger partial charge in [-0.1, -0.05) is 69.3 Å². The first-order valence-corrected chi connectivity index (χ1v) is 19.5. The summed E-state index contributed by atoms with van der Waals surface area (Å²) >= 11 is 2.65. The van der Waals surface area contributed by atoms with E-state index < -0.39 is 28.8 Å². The van der Waals surface area contributed by atoms with Gasteiger partial charge in [-0.05, 0) is 92.6 Å². The predicted molar refractivity (Wildman–Crippen MR) is 215 cm³/mol. The highest BCUT2D eigenvalue weighted by Crippen LogP contribution is 2.38. The van der Waals surface area contributed by atoms with Crippen molar-refractivity contribution in [2.75, 3.05) is 17.2 Å². The number of thioether (sulfide) groups is 1. The topological polar surface area (TPSA) is 141 Å². The number of rotatable bonds is 11. The predicted octanol–water partition coefficient (Wildman–Crippen LogP) is 8.96. The van der Waals surface area contributed by atoms with Crippen LogP contribution >= 0.6 is 23.1 Å². The van der Waals surface area contributed by atoms with Crippen molar-refractivity contribution >= 4 is 63.7 Å². The number of fused-ring (bicyclic) bond motifs is 1. The summed E-state index contributed by atoms with van der Waals surface area (Å²) in [6.45, 7) is 12.3. The first kappa shape index (κ1) is 39.8. The van der Waals surface area contributed by atoms with Gasteiger partial charge in [0.1, 0.15) is 22.4 Å². The van der Waals surface area contributed by atoms with Gasteiger partial charge < -0.3 is 25.6 Å². The lowest BCUT2D eigenvalue weighted by Gasteiger charge is -2.29. The average molecular weight is 764 g/mol. The van der Waals surface area contributed by atoms with E-state index in [9.17, 15) is 24.4 Å². The Kier molecular flexibility index (Phi) is 13.0. The largest absolute Gasteiger partial charge is 0.444 e. The number of carbonyl (C=O) groups excluding carboxylic acids is 4. The van der Waals surface area contributed by atoms with Gasteiger partial charge in [0.2, 0.25) is 5.91 Å². The lowest BCUT2D eigenvalue weighted by atomic mass is 10.0. The van der Waals surface area contributed by atoms with Crippen LogP contribution < -0.4 is 16.0 Å². The Bertz CT molecular complexity index is 2080. The molecule has 5 rings (SSSR count). The van der Waals surface area contributed by atoms with E-state index in [2.05, 4.69) is 35.9 Å². The first-order chi connectivity index (χ1) is 25.7. The second-order valence-electron chi connectivity index (χ2n) is 14.2. The van der Waals surface area contributed by atoms with Crippen molar-refractivity contribution < 1.29 is 23.9 Å². The SMILES string of the molecule is CCC(Sc1cccc(NC(=O)/C(=C\c2ccc(C(C)C)cc2)NC(=O)c2ccccc2)c1)C(=O)Nc1sc2c(c1C#N)CCN(C(=O)OC(C)(C)C)C2. The summed E-state index contributed by atoms with van der Waals surface area (Å²) in [6, 6.07) is 25.9. The number of nitriles is 1. The monoisotopic (exact) mass is 763 g/mol. The second kappa shape index (κ2) is 17.6. The summed E-state index contributed by atoms with van der Waals surface area (Å²) in [5.74, 6) is -0.825. The smallest absolute Gasteiger partial charge is 0.410 e. The van der Waals surface area contributed by atoms with Gasteiger partial charge in [0.25, 0.3) is 11.8 Å². The Labute approximate surface area is 325 Å². The Morgan fingerprint density at radius 1 is 1.00 bits per heavy atom. The van der Waals surface area contributed by atoms with Crippen LogP contribution in [0, 0.1) is 11.3 Å². The van der Waals surface area contributed by atoms with E-state index in [4.69, 9.17) is 4.74 Å². The summed E-state index contributed by atoms with van der Waals surface area (Å²) in [4.78, 5) is 56.4. The number of hydrogen-bond acceptors (Lipinski definition) is 8. The molecule has 0 saturated carbocycles. The van der Waals surface area contributed by atoms with Crippen molar-refractivity contribution in [1.82, 2.24) is 10.2 Å².